The first-order chi connectivity index (χ1) is 6.72. The quantitative estimate of drug-likeness (QED) is 0.888. The van der Waals surface area contributed by atoms with Crippen LogP contribution in [0.3, 0.4) is 0 Å². The van der Waals surface area contributed by atoms with E-state index >= 15 is 0 Å². The van der Waals surface area contributed by atoms with Crippen LogP contribution in [0.25, 0.3) is 10.9 Å². The minimum atomic E-state index is 0.799. The van der Waals surface area contributed by atoms with Gasteiger partial charge < -0.3 is 5.32 Å². The van der Waals surface area contributed by atoms with Crippen LogP contribution in [-0.4, -0.2) is 16.8 Å². The number of nitrogens with one attached hydrogen (secondary N) is 1. The molecular formula is C10H12BrN3. The molecule has 74 valence electrons. The molecular weight excluding hydrogens is 242 g/mol. The summed E-state index contributed by atoms with van der Waals surface area (Å²) in [6, 6.07) is 6.22. The average Bonchev–Trinajstić information content (AvgIpc) is 2.44. The molecule has 0 bridgehead atoms. The van der Waals surface area contributed by atoms with Crippen LogP contribution in [0.5, 0.6) is 0 Å². The van der Waals surface area contributed by atoms with Gasteiger partial charge in [-0.1, -0.05) is 15.9 Å². The number of hydrogen-bond acceptors (Lipinski definition) is 2. The topological polar surface area (TPSA) is 29.9 Å². The number of rotatable bonds is 2. The summed E-state index contributed by atoms with van der Waals surface area (Å²) in [6.45, 7) is 0.799. The molecule has 0 fully saturated rings. The predicted octanol–water partition coefficient (Wildman–Crippen LogP) is 2.06. The molecule has 1 N–H and O–H groups in total. The number of aryl methyl sites for hydroxylation is 1. The highest BCUT2D eigenvalue weighted by Crippen LogP contribution is 2.22. The van der Waals surface area contributed by atoms with Gasteiger partial charge in [-0.25, -0.2) is 0 Å². The number of hydrogen-bond donors (Lipinski definition) is 1. The summed E-state index contributed by atoms with van der Waals surface area (Å²) in [6.07, 6.45) is 0. The minimum Gasteiger partial charge on any atom is -0.314 e. The molecule has 14 heavy (non-hydrogen) atoms. The Bertz CT molecular complexity index is 462. The summed E-state index contributed by atoms with van der Waals surface area (Å²) >= 11 is 3.47. The third-order valence-corrected chi connectivity index (χ3v) is 2.73. The lowest BCUT2D eigenvalue weighted by molar-refractivity contribution is 0.726. The van der Waals surface area contributed by atoms with Gasteiger partial charge in [-0.3, -0.25) is 4.68 Å². The first kappa shape index (κ1) is 9.68. The fourth-order valence-electron chi connectivity index (χ4n) is 1.61. The standard InChI is InChI=1S/C10H12BrN3/c1-12-6-9-8-5-7(11)3-4-10(8)14(2)13-9/h3-5,12H,6H2,1-2H3. The maximum Gasteiger partial charge on any atom is 0.0841 e. The van der Waals surface area contributed by atoms with Crippen LogP contribution in [0, 0.1) is 0 Å². The number of halogens is 1. The molecule has 0 aliphatic rings. The molecule has 0 aliphatic heterocycles. The summed E-state index contributed by atoms with van der Waals surface area (Å²) in [4.78, 5) is 0. The first-order valence-electron chi connectivity index (χ1n) is 4.48. The average molecular weight is 254 g/mol. The molecule has 0 spiro atoms. The van der Waals surface area contributed by atoms with E-state index in [9.17, 15) is 0 Å². The van der Waals surface area contributed by atoms with E-state index in [1.165, 1.54) is 10.9 Å². The smallest absolute Gasteiger partial charge is 0.0841 e. The molecule has 0 saturated carbocycles. The normalized spacial score (nSPS) is 11.1. The summed E-state index contributed by atoms with van der Waals surface area (Å²) in [5, 5.41) is 8.78. The van der Waals surface area contributed by atoms with Crippen molar-refractivity contribution in [2.45, 2.75) is 6.54 Å². The van der Waals surface area contributed by atoms with Crippen LogP contribution in [0.1, 0.15) is 5.69 Å². The molecule has 1 aromatic heterocycles. The fourth-order valence-corrected chi connectivity index (χ4v) is 1.97. The zero-order chi connectivity index (χ0) is 10.1. The zero-order valence-corrected chi connectivity index (χ0v) is 9.80. The molecule has 0 unspecified atom stereocenters. The molecule has 0 aliphatic carbocycles. The summed E-state index contributed by atoms with van der Waals surface area (Å²) in [5.74, 6) is 0. The van der Waals surface area contributed by atoms with Crippen LogP contribution >= 0.6 is 15.9 Å². The van der Waals surface area contributed by atoms with Gasteiger partial charge >= 0.3 is 0 Å². The van der Waals surface area contributed by atoms with Gasteiger partial charge in [0.15, 0.2) is 0 Å². The van der Waals surface area contributed by atoms with E-state index in [2.05, 4.69) is 38.5 Å². The Morgan fingerprint density at radius 1 is 1.50 bits per heavy atom. The predicted molar refractivity (Wildman–Crippen MR) is 61.2 cm³/mol. The van der Waals surface area contributed by atoms with Crippen LogP contribution in [0.4, 0.5) is 0 Å². The Morgan fingerprint density at radius 3 is 3.00 bits per heavy atom. The summed E-state index contributed by atoms with van der Waals surface area (Å²) in [7, 11) is 3.90. The highest BCUT2D eigenvalue weighted by atomic mass is 79.9. The Labute approximate surface area is 91.2 Å². The minimum absolute atomic E-state index is 0.799. The summed E-state index contributed by atoms with van der Waals surface area (Å²) < 4.78 is 3.00. The van der Waals surface area contributed by atoms with Gasteiger partial charge in [0.2, 0.25) is 0 Å². The Kier molecular flexibility index (Phi) is 2.56. The molecule has 3 nitrogen and oxygen atoms in total. The third-order valence-electron chi connectivity index (χ3n) is 2.23. The Morgan fingerprint density at radius 2 is 2.29 bits per heavy atom. The molecule has 2 aromatic rings. The molecule has 0 radical (unpaired) electrons. The number of fused-ring (bicyclic) bond motifs is 1. The fraction of sp³-hybridized carbons (Fsp3) is 0.300. The lowest BCUT2D eigenvalue weighted by atomic mass is 10.2. The van der Waals surface area contributed by atoms with Crippen LogP contribution in [0.2, 0.25) is 0 Å². The van der Waals surface area contributed by atoms with E-state index in [1.54, 1.807) is 0 Å². The van der Waals surface area contributed by atoms with Crippen molar-refractivity contribution in [3.8, 4) is 0 Å². The van der Waals surface area contributed by atoms with Crippen molar-refractivity contribution in [1.29, 1.82) is 0 Å². The van der Waals surface area contributed by atoms with Crippen LogP contribution in [-0.2, 0) is 13.6 Å². The molecule has 1 aromatic carbocycles. The van der Waals surface area contributed by atoms with Crippen molar-refractivity contribution in [1.82, 2.24) is 15.1 Å². The van der Waals surface area contributed by atoms with E-state index in [4.69, 9.17) is 0 Å². The van der Waals surface area contributed by atoms with E-state index in [0.717, 1.165) is 16.7 Å². The maximum atomic E-state index is 4.45. The second-order valence-corrected chi connectivity index (χ2v) is 4.18. The molecule has 2 rings (SSSR count). The monoisotopic (exact) mass is 253 g/mol. The molecule has 0 saturated heterocycles. The highest BCUT2D eigenvalue weighted by Gasteiger charge is 2.07. The van der Waals surface area contributed by atoms with Gasteiger partial charge in [0, 0.05) is 23.5 Å². The Balaban J connectivity index is 2.66. The molecule has 4 heteroatoms. The van der Waals surface area contributed by atoms with Gasteiger partial charge in [-0.15, -0.1) is 0 Å². The Hall–Kier alpha value is -0.870. The van der Waals surface area contributed by atoms with Gasteiger partial charge in [-0.2, -0.15) is 5.10 Å². The van der Waals surface area contributed by atoms with Crippen molar-refractivity contribution in [2.24, 2.45) is 7.05 Å². The summed E-state index contributed by atoms with van der Waals surface area (Å²) in [5.41, 5.74) is 2.25. The lowest BCUT2D eigenvalue weighted by Gasteiger charge is -1.95. The van der Waals surface area contributed by atoms with E-state index in [1.807, 2.05) is 24.8 Å². The van der Waals surface area contributed by atoms with Crippen LogP contribution in [0.15, 0.2) is 22.7 Å². The third kappa shape index (κ3) is 1.55. The van der Waals surface area contributed by atoms with Gasteiger partial charge in [0.25, 0.3) is 0 Å². The number of nitrogens with zero attached hydrogens (tertiary/aromatic N) is 2. The van der Waals surface area contributed by atoms with Gasteiger partial charge in [0.05, 0.1) is 11.2 Å². The van der Waals surface area contributed by atoms with Gasteiger partial charge in [-0.05, 0) is 25.2 Å². The SMILES string of the molecule is CNCc1nn(C)c2ccc(Br)cc12. The zero-order valence-electron chi connectivity index (χ0n) is 8.21. The second kappa shape index (κ2) is 3.71. The van der Waals surface area contributed by atoms with Crippen molar-refractivity contribution in [2.75, 3.05) is 7.05 Å². The van der Waals surface area contributed by atoms with Crippen molar-refractivity contribution < 1.29 is 0 Å². The molecule has 1 heterocycles. The van der Waals surface area contributed by atoms with Crippen LogP contribution < -0.4 is 5.32 Å². The molecule has 0 atom stereocenters. The lowest BCUT2D eigenvalue weighted by Crippen LogP contribution is -2.06. The number of aromatic nitrogens is 2. The number of benzene rings is 1. The van der Waals surface area contributed by atoms with Crippen molar-refractivity contribution >= 4 is 26.8 Å². The van der Waals surface area contributed by atoms with E-state index < -0.39 is 0 Å². The second-order valence-electron chi connectivity index (χ2n) is 3.26. The van der Waals surface area contributed by atoms with Crippen molar-refractivity contribution in [3.05, 3.63) is 28.4 Å². The van der Waals surface area contributed by atoms with Gasteiger partial charge in [0.1, 0.15) is 0 Å². The van der Waals surface area contributed by atoms with Crippen molar-refractivity contribution in [3.63, 3.8) is 0 Å². The molecule has 0 amide bonds. The van der Waals surface area contributed by atoms with E-state index in [0.29, 0.717) is 0 Å². The highest BCUT2D eigenvalue weighted by molar-refractivity contribution is 9.10. The maximum absolute atomic E-state index is 4.45. The largest absolute Gasteiger partial charge is 0.314 e. The van der Waals surface area contributed by atoms with E-state index in [-0.39, 0.29) is 0 Å². The first-order valence-corrected chi connectivity index (χ1v) is 5.27.